The van der Waals surface area contributed by atoms with E-state index in [-0.39, 0.29) is 17.8 Å². The molecule has 6 N–H and O–H groups in total. The van der Waals surface area contributed by atoms with Gasteiger partial charge in [-0.15, -0.1) is 0 Å². The van der Waals surface area contributed by atoms with Crippen molar-refractivity contribution in [2.45, 2.75) is 12.5 Å². The number of carbonyl (C=O) groups is 1. The molecule has 1 aromatic rings. The molecule has 0 bridgehead atoms. The number of carbonyl (C=O) groups excluding carboxylic acids is 1. The maximum absolute atomic E-state index is 11.0. The molecule has 0 aromatic carbocycles. The zero-order chi connectivity index (χ0) is 11.0. The molecule has 0 radical (unpaired) electrons. The van der Waals surface area contributed by atoms with Crippen LogP contribution >= 0.6 is 0 Å². The number of aromatic nitrogens is 1. The molecule has 1 atom stereocenters. The molecule has 15 heavy (non-hydrogen) atoms. The van der Waals surface area contributed by atoms with Gasteiger partial charge in [0, 0.05) is 6.54 Å². The lowest BCUT2D eigenvalue weighted by Gasteiger charge is -2.39. The lowest BCUT2D eigenvalue weighted by atomic mass is 10.0. The summed E-state index contributed by atoms with van der Waals surface area (Å²) in [6, 6.07) is 3.15. The summed E-state index contributed by atoms with van der Waals surface area (Å²) in [5, 5.41) is 0. The molecule has 0 aliphatic carbocycles. The summed E-state index contributed by atoms with van der Waals surface area (Å²) < 4.78 is 0. The number of nitrogens with zero attached hydrogens (tertiary/aromatic N) is 2. The molecule has 1 aliphatic heterocycles. The van der Waals surface area contributed by atoms with Gasteiger partial charge < -0.3 is 22.1 Å². The largest absolute Gasteiger partial charge is 0.396 e. The van der Waals surface area contributed by atoms with Crippen molar-refractivity contribution in [1.82, 2.24) is 4.98 Å². The minimum Gasteiger partial charge on any atom is -0.396 e. The average molecular weight is 207 g/mol. The predicted octanol–water partition coefficient (Wildman–Crippen LogP) is -0.690. The van der Waals surface area contributed by atoms with Crippen LogP contribution in [0, 0.1) is 0 Å². The molecule has 6 nitrogen and oxygen atoms in total. The van der Waals surface area contributed by atoms with Crippen molar-refractivity contribution in [2.24, 2.45) is 5.73 Å². The summed E-state index contributed by atoms with van der Waals surface area (Å²) in [7, 11) is 0. The second-order valence-corrected chi connectivity index (χ2v) is 3.54. The summed E-state index contributed by atoms with van der Waals surface area (Å²) in [6.07, 6.45) is 0.765. The number of anilines is 3. The molecule has 1 aromatic heterocycles. The molecule has 1 amide bonds. The van der Waals surface area contributed by atoms with Crippen molar-refractivity contribution in [2.75, 3.05) is 22.9 Å². The molecule has 1 saturated heterocycles. The van der Waals surface area contributed by atoms with Crippen molar-refractivity contribution in [3.63, 3.8) is 0 Å². The second kappa shape index (κ2) is 3.30. The lowest BCUT2D eigenvalue weighted by Crippen LogP contribution is -2.55. The summed E-state index contributed by atoms with van der Waals surface area (Å²) >= 11 is 0. The minimum atomic E-state index is -0.335. The predicted molar refractivity (Wildman–Crippen MR) is 58.0 cm³/mol. The van der Waals surface area contributed by atoms with Crippen molar-refractivity contribution >= 4 is 23.2 Å². The minimum absolute atomic E-state index is 0.263. The molecule has 1 aliphatic rings. The Morgan fingerprint density at radius 2 is 2.20 bits per heavy atom. The Bertz CT molecular complexity index is 405. The van der Waals surface area contributed by atoms with Crippen LogP contribution in [0.3, 0.4) is 0 Å². The quantitative estimate of drug-likeness (QED) is 0.594. The summed E-state index contributed by atoms with van der Waals surface area (Å²) in [5.41, 5.74) is 16.8. The zero-order valence-electron chi connectivity index (χ0n) is 8.18. The van der Waals surface area contributed by atoms with Crippen LogP contribution < -0.4 is 22.1 Å². The van der Waals surface area contributed by atoms with Gasteiger partial charge >= 0.3 is 0 Å². The number of hydrogen-bond donors (Lipinski definition) is 3. The summed E-state index contributed by atoms with van der Waals surface area (Å²) in [4.78, 5) is 16.9. The number of pyridine rings is 1. The number of primary amides is 1. The maximum Gasteiger partial charge on any atom is 0.240 e. The number of amides is 1. The third kappa shape index (κ3) is 1.54. The van der Waals surface area contributed by atoms with E-state index in [0.29, 0.717) is 11.5 Å². The highest BCUT2D eigenvalue weighted by Gasteiger charge is 2.33. The van der Waals surface area contributed by atoms with Crippen LogP contribution in [-0.4, -0.2) is 23.5 Å². The van der Waals surface area contributed by atoms with Gasteiger partial charge in [-0.05, 0) is 18.6 Å². The topological polar surface area (TPSA) is 111 Å². The Balaban J connectivity index is 2.23. The smallest absolute Gasteiger partial charge is 0.240 e. The van der Waals surface area contributed by atoms with E-state index in [0.717, 1.165) is 13.0 Å². The van der Waals surface area contributed by atoms with E-state index in [4.69, 9.17) is 17.2 Å². The first kappa shape index (κ1) is 9.57. The van der Waals surface area contributed by atoms with Gasteiger partial charge in [-0.2, -0.15) is 0 Å². The van der Waals surface area contributed by atoms with E-state index in [1.54, 1.807) is 12.1 Å². The Morgan fingerprint density at radius 3 is 2.67 bits per heavy atom. The molecule has 2 heterocycles. The summed E-state index contributed by atoms with van der Waals surface area (Å²) in [6.45, 7) is 0.768. The van der Waals surface area contributed by atoms with Gasteiger partial charge in [0.2, 0.25) is 5.91 Å². The van der Waals surface area contributed by atoms with Crippen molar-refractivity contribution in [1.29, 1.82) is 0 Å². The SMILES string of the molecule is NC(=O)C1CCN1c1ccc(N)c(N)n1. The van der Waals surface area contributed by atoms with Crippen molar-refractivity contribution in [3.05, 3.63) is 12.1 Å². The van der Waals surface area contributed by atoms with Crippen LogP contribution in [0.15, 0.2) is 12.1 Å². The second-order valence-electron chi connectivity index (χ2n) is 3.54. The zero-order valence-corrected chi connectivity index (χ0v) is 8.18. The first-order valence-electron chi connectivity index (χ1n) is 4.67. The van der Waals surface area contributed by atoms with Gasteiger partial charge in [0.15, 0.2) is 0 Å². The van der Waals surface area contributed by atoms with Gasteiger partial charge in [0.25, 0.3) is 0 Å². The highest BCUT2D eigenvalue weighted by atomic mass is 16.1. The fourth-order valence-electron chi connectivity index (χ4n) is 1.59. The third-order valence-electron chi connectivity index (χ3n) is 2.59. The van der Waals surface area contributed by atoms with Gasteiger partial charge in [-0.1, -0.05) is 0 Å². The van der Waals surface area contributed by atoms with Crippen molar-refractivity contribution < 1.29 is 4.79 Å². The van der Waals surface area contributed by atoms with Crippen LogP contribution in [0.25, 0.3) is 0 Å². The fourth-order valence-corrected chi connectivity index (χ4v) is 1.59. The van der Waals surface area contributed by atoms with E-state index >= 15 is 0 Å². The molecular formula is C9H13N5O. The summed E-state index contributed by atoms with van der Waals surface area (Å²) in [5.74, 6) is 0.595. The molecule has 6 heteroatoms. The number of rotatable bonds is 2. The number of hydrogen-bond acceptors (Lipinski definition) is 5. The number of nitrogen functional groups attached to an aromatic ring is 2. The molecule has 2 rings (SSSR count). The Labute approximate surface area is 87.0 Å². The first-order chi connectivity index (χ1) is 7.09. The highest BCUT2D eigenvalue weighted by molar-refractivity contribution is 5.85. The van der Waals surface area contributed by atoms with Crippen molar-refractivity contribution in [3.8, 4) is 0 Å². The van der Waals surface area contributed by atoms with Gasteiger partial charge in [0.05, 0.1) is 5.69 Å². The van der Waals surface area contributed by atoms with Crippen LogP contribution in [0.1, 0.15) is 6.42 Å². The van der Waals surface area contributed by atoms with Crippen LogP contribution in [0.4, 0.5) is 17.3 Å². The van der Waals surface area contributed by atoms with E-state index in [1.807, 2.05) is 4.90 Å². The molecule has 1 unspecified atom stereocenters. The van der Waals surface area contributed by atoms with E-state index in [9.17, 15) is 4.79 Å². The van der Waals surface area contributed by atoms with Crippen LogP contribution in [0.5, 0.6) is 0 Å². The van der Waals surface area contributed by atoms with Crippen LogP contribution in [0.2, 0.25) is 0 Å². The van der Waals surface area contributed by atoms with E-state index in [2.05, 4.69) is 4.98 Å². The maximum atomic E-state index is 11.0. The molecule has 80 valence electrons. The monoisotopic (exact) mass is 207 g/mol. The molecule has 0 spiro atoms. The van der Waals surface area contributed by atoms with Gasteiger partial charge in [0.1, 0.15) is 17.7 Å². The highest BCUT2D eigenvalue weighted by Crippen LogP contribution is 2.26. The van der Waals surface area contributed by atoms with E-state index < -0.39 is 0 Å². The molecule has 1 fully saturated rings. The van der Waals surface area contributed by atoms with E-state index in [1.165, 1.54) is 0 Å². The normalized spacial score (nSPS) is 19.7. The molecular weight excluding hydrogens is 194 g/mol. The lowest BCUT2D eigenvalue weighted by molar-refractivity contribution is -0.120. The third-order valence-corrected chi connectivity index (χ3v) is 2.59. The molecule has 0 saturated carbocycles. The number of nitrogens with two attached hydrogens (primary N) is 3. The first-order valence-corrected chi connectivity index (χ1v) is 4.67. The fraction of sp³-hybridized carbons (Fsp3) is 0.333. The van der Waals surface area contributed by atoms with Gasteiger partial charge in [-0.25, -0.2) is 4.98 Å². The average Bonchev–Trinajstić information content (AvgIpc) is 2.08. The Morgan fingerprint density at radius 1 is 1.47 bits per heavy atom. The standard InChI is InChI=1S/C9H13N5O/c10-5-1-2-7(13-8(5)11)14-4-3-6(14)9(12)15/h1-2,6H,3-4,10H2,(H2,11,13)(H2,12,15). The van der Waals surface area contributed by atoms with Gasteiger partial charge in [-0.3, -0.25) is 4.79 Å². The van der Waals surface area contributed by atoms with Crippen LogP contribution in [-0.2, 0) is 4.79 Å². The Hall–Kier alpha value is -1.98. The Kier molecular flexibility index (Phi) is 2.11.